The third kappa shape index (κ3) is 3.35. The lowest BCUT2D eigenvalue weighted by atomic mass is 9.96. The normalized spacial score (nSPS) is 18.7. The zero-order valence-corrected chi connectivity index (χ0v) is 18.9. The molecule has 4 rings (SSSR count). The molecule has 30 heavy (non-hydrogen) atoms. The van der Waals surface area contributed by atoms with Crippen molar-refractivity contribution in [3.8, 4) is 5.75 Å². The van der Waals surface area contributed by atoms with Gasteiger partial charge in [0.25, 0.3) is 0 Å². The van der Waals surface area contributed by atoms with Crippen molar-refractivity contribution in [3.05, 3.63) is 77.4 Å². The summed E-state index contributed by atoms with van der Waals surface area (Å²) < 4.78 is 8.06. The molecule has 3 heterocycles. The van der Waals surface area contributed by atoms with Gasteiger partial charge in [0.05, 0.1) is 30.6 Å². The number of thiocarbonyl (C=S) groups is 1. The van der Waals surface area contributed by atoms with E-state index in [-0.39, 0.29) is 12.1 Å². The highest BCUT2D eigenvalue weighted by Gasteiger charge is 2.43. The maximum absolute atomic E-state index is 5.84. The predicted octanol–water partition coefficient (Wildman–Crippen LogP) is 5.27. The third-order valence-electron chi connectivity index (χ3n) is 5.80. The zero-order chi connectivity index (χ0) is 21.4. The van der Waals surface area contributed by atoms with E-state index in [2.05, 4.69) is 65.7 Å². The Kier molecular flexibility index (Phi) is 5.52. The Hall–Kier alpha value is -2.86. The van der Waals surface area contributed by atoms with Crippen molar-refractivity contribution in [3.63, 3.8) is 0 Å². The summed E-state index contributed by atoms with van der Waals surface area (Å²) in [5.74, 6) is 0.797. The lowest BCUT2D eigenvalue weighted by molar-refractivity contribution is 0.414. The first-order chi connectivity index (χ1) is 14.4. The molecule has 6 heteroatoms. The average Bonchev–Trinajstić information content (AvgIpc) is 3.23. The van der Waals surface area contributed by atoms with Gasteiger partial charge in [0.15, 0.2) is 5.11 Å². The highest BCUT2D eigenvalue weighted by Crippen LogP contribution is 2.45. The number of nitrogens with one attached hydrogen (secondary N) is 1. The fourth-order valence-electron chi connectivity index (χ4n) is 4.66. The SMILES string of the molecule is COc1ccccc1N1C(=S)N[C@H](c2ccccn2)[C@@H]1c1cc(C)n(C(C)C)c1C. The van der Waals surface area contributed by atoms with E-state index in [0.717, 1.165) is 17.1 Å². The number of hydrogen-bond acceptors (Lipinski definition) is 3. The molecule has 0 bridgehead atoms. The van der Waals surface area contributed by atoms with Gasteiger partial charge in [-0.2, -0.15) is 0 Å². The van der Waals surface area contributed by atoms with Crippen LogP contribution in [-0.4, -0.2) is 21.8 Å². The second kappa shape index (κ2) is 8.11. The number of para-hydroxylation sites is 2. The van der Waals surface area contributed by atoms with Crippen LogP contribution in [0.2, 0.25) is 0 Å². The molecule has 0 spiro atoms. The van der Waals surface area contributed by atoms with Crippen molar-refractivity contribution in [1.29, 1.82) is 0 Å². The molecule has 156 valence electrons. The monoisotopic (exact) mass is 420 g/mol. The second-order valence-electron chi connectivity index (χ2n) is 7.96. The van der Waals surface area contributed by atoms with Gasteiger partial charge < -0.3 is 19.5 Å². The first-order valence-corrected chi connectivity index (χ1v) is 10.7. The maximum Gasteiger partial charge on any atom is 0.174 e. The van der Waals surface area contributed by atoms with E-state index >= 15 is 0 Å². The number of rotatable bonds is 5. The Balaban J connectivity index is 1.92. The number of hydrogen-bond donors (Lipinski definition) is 1. The van der Waals surface area contributed by atoms with E-state index in [0.29, 0.717) is 11.2 Å². The molecule has 2 aromatic heterocycles. The minimum atomic E-state index is -0.0651. The topological polar surface area (TPSA) is 42.3 Å². The fraction of sp³-hybridized carbons (Fsp3) is 0.333. The van der Waals surface area contributed by atoms with Crippen molar-refractivity contribution in [2.24, 2.45) is 0 Å². The van der Waals surface area contributed by atoms with Crippen molar-refractivity contribution >= 4 is 23.0 Å². The molecule has 0 amide bonds. The van der Waals surface area contributed by atoms with Crippen LogP contribution in [0.15, 0.2) is 54.7 Å². The number of benzene rings is 1. The van der Waals surface area contributed by atoms with Gasteiger partial charge in [0, 0.05) is 23.6 Å². The average molecular weight is 421 g/mol. The van der Waals surface area contributed by atoms with Crippen LogP contribution in [0.3, 0.4) is 0 Å². The fourth-order valence-corrected chi connectivity index (χ4v) is 4.99. The summed E-state index contributed by atoms with van der Waals surface area (Å²) in [5.41, 5.74) is 5.66. The van der Waals surface area contributed by atoms with Gasteiger partial charge >= 0.3 is 0 Å². The Morgan fingerprint density at radius 3 is 2.47 bits per heavy atom. The van der Waals surface area contributed by atoms with Crippen LogP contribution in [0.4, 0.5) is 5.69 Å². The lowest BCUT2D eigenvalue weighted by Gasteiger charge is -2.29. The number of pyridine rings is 1. The summed E-state index contributed by atoms with van der Waals surface area (Å²) in [7, 11) is 1.70. The highest BCUT2D eigenvalue weighted by molar-refractivity contribution is 7.80. The van der Waals surface area contributed by atoms with Gasteiger partial charge in [0.2, 0.25) is 0 Å². The largest absolute Gasteiger partial charge is 0.495 e. The number of aryl methyl sites for hydroxylation is 1. The van der Waals surface area contributed by atoms with E-state index in [1.165, 1.54) is 17.0 Å². The van der Waals surface area contributed by atoms with Crippen molar-refractivity contribution < 1.29 is 4.74 Å². The third-order valence-corrected chi connectivity index (χ3v) is 6.12. The molecule has 1 aromatic carbocycles. The van der Waals surface area contributed by atoms with Crippen LogP contribution in [0.25, 0.3) is 0 Å². The number of aromatic nitrogens is 2. The smallest absolute Gasteiger partial charge is 0.174 e. The molecule has 1 N–H and O–H groups in total. The second-order valence-corrected chi connectivity index (χ2v) is 8.35. The standard InChI is InChI=1S/C24H28N4OS/c1-15(2)27-16(3)14-18(17(27)4)23-22(19-10-8-9-13-25-19)26-24(30)28(23)20-11-6-7-12-21(20)29-5/h6-15,22-23H,1-5H3,(H,26,30)/t22-,23+/m1/s1. The van der Waals surface area contributed by atoms with Gasteiger partial charge in [-0.15, -0.1) is 0 Å². The van der Waals surface area contributed by atoms with Crippen LogP contribution < -0.4 is 15.0 Å². The summed E-state index contributed by atoms with van der Waals surface area (Å²) in [4.78, 5) is 6.83. The summed E-state index contributed by atoms with van der Waals surface area (Å²) in [6.45, 7) is 8.80. The Labute approximate surface area is 183 Å². The molecule has 0 saturated carbocycles. The molecule has 3 aromatic rings. The van der Waals surface area contributed by atoms with Crippen LogP contribution in [-0.2, 0) is 0 Å². The molecular formula is C24H28N4OS. The van der Waals surface area contributed by atoms with Crippen LogP contribution in [0.1, 0.15) is 54.6 Å². The number of ether oxygens (including phenoxy) is 1. The quantitative estimate of drug-likeness (QED) is 0.570. The van der Waals surface area contributed by atoms with E-state index in [4.69, 9.17) is 17.0 Å². The molecule has 1 aliphatic rings. The van der Waals surface area contributed by atoms with Crippen LogP contribution in [0, 0.1) is 13.8 Å². The molecular weight excluding hydrogens is 392 g/mol. The Bertz CT molecular complexity index is 1060. The highest BCUT2D eigenvalue weighted by atomic mass is 32.1. The van der Waals surface area contributed by atoms with Crippen molar-refractivity contribution in [1.82, 2.24) is 14.9 Å². The zero-order valence-electron chi connectivity index (χ0n) is 18.1. The predicted molar refractivity (Wildman–Crippen MR) is 125 cm³/mol. The van der Waals surface area contributed by atoms with Gasteiger partial charge in [-0.05, 0) is 75.8 Å². The van der Waals surface area contributed by atoms with Gasteiger partial charge in [-0.25, -0.2) is 0 Å². The lowest BCUT2D eigenvalue weighted by Crippen LogP contribution is -2.30. The molecule has 1 aliphatic heterocycles. The van der Waals surface area contributed by atoms with Crippen molar-refractivity contribution in [2.75, 3.05) is 12.0 Å². The molecule has 1 fully saturated rings. The molecule has 0 unspecified atom stereocenters. The van der Waals surface area contributed by atoms with E-state index < -0.39 is 0 Å². The summed E-state index contributed by atoms with van der Waals surface area (Å²) >= 11 is 5.84. The van der Waals surface area contributed by atoms with Gasteiger partial charge in [-0.1, -0.05) is 18.2 Å². The maximum atomic E-state index is 5.84. The molecule has 2 atom stereocenters. The first-order valence-electron chi connectivity index (χ1n) is 10.3. The van der Waals surface area contributed by atoms with E-state index in [1.807, 2.05) is 36.5 Å². The Morgan fingerprint density at radius 1 is 1.10 bits per heavy atom. The number of anilines is 1. The van der Waals surface area contributed by atoms with Crippen LogP contribution in [0.5, 0.6) is 5.75 Å². The summed E-state index contributed by atoms with van der Waals surface area (Å²) in [6, 6.07) is 16.6. The number of nitrogens with zero attached hydrogens (tertiary/aromatic N) is 3. The summed E-state index contributed by atoms with van der Waals surface area (Å²) in [5, 5.41) is 4.21. The minimum absolute atomic E-state index is 0.0394. The van der Waals surface area contributed by atoms with E-state index in [9.17, 15) is 0 Å². The molecule has 1 saturated heterocycles. The van der Waals surface area contributed by atoms with Crippen LogP contribution >= 0.6 is 12.2 Å². The van der Waals surface area contributed by atoms with Crippen molar-refractivity contribution in [2.45, 2.75) is 45.8 Å². The van der Waals surface area contributed by atoms with Gasteiger partial charge in [0.1, 0.15) is 5.75 Å². The Morgan fingerprint density at radius 2 is 1.83 bits per heavy atom. The molecule has 0 radical (unpaired) electrons. The van der Waals surface area contributed by atoms with Gasteiger partial charge in [-0.3, -0.25) is 4.98 Å². The molecule has 0 aliphatic carbocycles. The number of methoxy groups -OCH3 is 1. The van der Waals surface area contributed by atoms with E-state index in [1.54, 1.807) is 7.11 Å². The summed E-state index contributed by atoms with van der Waals surface area (Å²) in [6.07, 6.45) is 1.83. The first kappa shape index (κ1) is 20.4. The minimum Gasteiger partial charge on any atom is -0.495 e. The molecule has 5 nitrogen and oxygen atoms in total.